The fraction of sp³-hybridized carbons (Fsp3) is 0.250. The van der Waals surface area contributed by atoms with Gasteiger partial charge in [0.25, 0.3) is 11.8 Å². The van der Waals surface area contributed by atoms with Gasteiger partial charge in [0, 0.05) is 30.0 Å². The first-order valence-electron chi connectivity index (χ1n) is 8.88. The number of hydrogen-bond donors (Lipinski definition) is 1. The second-order valence-corrected chi connectivity index (χ2v) is 7.09. The summed E-state index contributed by atoms with van der Waals surface area (Å²) < 4.78 is 1.65. The first-order chi connectivity index (χ1) is 13.0. The first-order valence-corrected chi connectivity index (χ1v) is 9.26. The summed E-state index contributed by atoms with van der Waals surface area (Å²) >= 11 is 6.04. The zero-order valence-electron chi connectivity index (χ0n) is 14.9. The monoisotopic (exact) mass is 382 g/mol. The van der Waals surface area contributed by atoms with E-state index in [1.165, 1.54) is 0 Å². The topological polar surface area (TPSA) is 66.7 Å². The number of carbonyl (C=O) groups excluding carboxylic acids is 2. The number of halogens is 1. The number of likely N-dealkylation sites (tertiary alicyclic amines) is 1. The minimum Gasteiger partial charge on any atom is -0.337 e. The number of aryl methyl sites for hydroxylation is 1. The fourth-order valence-corrected chi connectivity index (χ4v) is 3.50. The van der Waals surface area contributed by atoms with Crippen LogP contribution in [0.3, 0.4) is 0 Å². The van der Waals surface area contributed by atoms with Crippen molar-refractivity contribution in [2.24, 2.45) is 0 Å². The molecule has 6 nitrogen and oxygen atoms in total. The first kappa shape index (κ1) is 17.5. The average Bonchev–Trinajstić information content (AvgIpc) is 3.32. The SMILES string of the molecule is Cc1ccc(Cl)cc1NC(=O)c1nc(C(=O)N2CCCC2)c2ccccn12. The Morgan fingerprint density at radius 2 is 1.93 bits per heavy atom. The Kier molecular flexibility index (Phi) is 4.58. The van der Waals surface area contributed by atoms with Crippen LogP contribution in [-0.2, 0) is 0 Å². The third-order valence-electron chi connectivity index (χ3n) is 4.80. The lowest BCUT2D eigenvalue weighted by atomic mass is 10.2. The van der Waals surface area contributed by atoms with Gasteiger partial charge in [0.15, 0.2) is 5.69 Å². The molecule has 4 rings (SSSR count). The van der Waals surface area contributed by atoms with Crippen molar-refractivity contribution in [3.05, 3.63) is 64.7 Å². The minimum atomic E-state index is -0.387. The highest BCUT2D eigenvalue weighted by Crippen LogP contribution is 2.22. The van der Waals surface area contributed by atoms with Crippen LogP contribution in [0, 0.1) is 6.92 Å². The Bertz CT molecular complexity index is 1040. The van der Waals surface area contributed by atoms with E-state index in [4.69, 9.17) is 11.6 Å². The van der Waals surface area contributed by atoms with Crippen molar-refractivity contribution in [3.8, 4) is 0 Å². The van der Waals surface area contributed by atoms with Crippen molar-refractivity contribution in [3.63, 3.8) is 0 Å². The number of benzene rings is 1. The van der Waals surface area contributed by atoms with Crippen LogP contribution in [0.2, 0.25) is 5.02 Å². The molecule has 0 saturated carbocycles. The van der Waals surface area contributed by atoms with Gasteiger partial charge in [-0.05, 0) is 49.6 Å². The van der Waals surface area contributed by atoms with Gasteiger partial charge in [0.2, 0.25) is 5.82 Å². The van der Waals surface area contributed by atoms with Crippen LogP contribution in [0.15, 0.2) is 42.6 Å². The molecule has 0 atom stereocenters. The number of nitrogens with zero attached hydrogens (tertiary/aromatic N) is 3. The molecular formula is C20H19ClN4O2. The van der Waals surface area contributed by atoms with E-state index in [1.807, 2.05) is 19.1 Å². The van der Waals surface area contributed by atoms with Gasteiger partial charge in [-0.1, -0.05) is 23.7 Å². The Morgan fingerprint density at radius 1 is 1.15 bits per heavy atom. The molecule has 2 amide bonds. The predicted molar refractivity (Wildman–Crippen MR) is 104 cm³/mol. The van der Waals surface area contributed by atoms with Gasteiger partial charge < -0.3 is 10.2 Å². The molecule has 7 heteroatoms. The second kappa shape index (κ2) is 7.04. The largest absolute Gasteiger partial charge is 0.337 e. The number of imidazole rings is 1. The van der Waals surface area contributed by atoms with Crippen molar-refractivity contribution < 1.29 is 9.59 Å². The van der Waals surface area contributed by atoms with E-state index in [1.54, 1.807) is 39.8 Å². The molecule has 1 N–H and O–H groups in total. The Labute approximate surface area is 161 Å². The lowest BCUT2D eigenvalue weighted by Crippen LogP contribution is -2.28. The third-order valence-corrected chi connectivity index (χ3v) is 5.03. The van der Waals surface area contributed by atoms with E-state index in [2.05, 4.69) is 10.3 Å². The van der Waals surface area contributed by atoms with Crippen molar-refractivity contribution in [1.29, 1.82) is 0 Å². The third kappa shape index (κ3) is 3.28. The molecule has 1 saturated heterocycles. The van der Waals surface area contributed by atoms with Gasteiger partial charge in [-0.15, -0.1) is 0 Å². The number of carbonyl (C=O) groups is 2. The number of fused-ring (bicyclic) bond motifs is 1. The van der Waals surface area contributed by atoms with Gasteiger partial charge in [-0.2, -0.15) is 0 Å². The van der Waals surface area contributed by atoms with E-state index in [0.717, 1.165) is 31.5 Å². The molecule has 138 valence electrons. The average molecular weight is 383 g/mol. The summed E-state index contributed by atoms with van der Waals surface area (Å²) in [5, 5.41) is 3.39. The standard InChI is InChI=1S/C20H19ClN4O2/c1-13-7-8-14(21)12-15(13)22-19(26)18-23-17(16-6-2-3-11-25(16)18)20(27)24-9-4-5-10-24/h2-3,6-8,11-12H,4-5,9-10H2,1H3,(H,22,26). The van der Waals surface area contributed by atoms with E-state index in [0.29, 0.717) is 21.9 Å². The van der Waals surface area contributed by atoms with E-state index in [-0.39, 0.29) is 17.6 Å². The maximum atomic E-state index is 12.9. The van der Waals surface area contributed by atoms with Gasteiger partial charge >= 0.3 is 0 Å². The quantitative estimate of drug-likeness (QED) is 0.749. The van der Waals surface area contributed by atoms with Crippen LogP contribution >= 0.6 is 11.6 Å². The zero-order valence-corrected chi connectivity index (χ0v) is 15.7. The normalized spacial score (nSPS) is 13.9. The molecule has 3 heterocycles. The number of aromatic nitrogens is 2. The summed E-state index contributed by atoms with van der Waals surface area (Å²) in [7, 11) is 0. The number of pyridine rings is 1. The maximum Gasteiger partial charge on any atom is 0.292 e. The molecule has 27 heavy (non-hydrogen) atoms. The molecule has 1 aliphatic heterocycles. The molecule has 1 fully saturated rings. The summed E-state index contributed by atoms with van der Waals surface area (Å²) in [4.78, 5) is 31.9. The molecule has 0 spiro atoms. The molecule has 2 aromatic heterocycles. The maximum absolute atomic E-state index is 12.9. The Hall–Kier alpha value is -2.86. The summed E-state index contributed by atoms with van der Waals surface area (Å²) in [6.07, 6.45) is 3.74. The van der Waals surface area contributed by atoms with Crippen LogP contribution in [0.5, 0.6) is 0 Å². The van der Waals surface area contributed by atoms with Gasteiger partial charge in [-0.25, -0.2) is 4.98 Å². The zero-order chi connectivity index (χ0) is 19.0. The smallest absolute Gasteiger partial charge is 0.292 e. The van der Waals surface area contributed by atoms with Gasteiger partial charge in [0.1, 0.15) is 0 Å². The molecule has 0 bridgehead atoms. The van der Waals surface area contributed by atoms with Crippen LogP contribution in [0.25, 0.3) is 5.52 Å². The summed E-state index contributed by atoms with van der Waals surface area (Å²) in [6.45, 7) is 3.35. The van der Waals surface area contributed by atoms with Crippen molar-refractivity contribution in [1.82, 2.24) is 14.3 Å². The lowest BCUT2D eigenvalue weighted by Gasteiger charge is -2.13. The van der Waals surface area contributed by atoms with Crippen molar-refractivity contribution in [2.45, 2.75) is 19.8 Å². The molecule has 1 aliphatic rings. The number of rotatable bonds is 3. The minimum absolute atomic E-state index is 0.130. The highest BCUT2D eigenvalue weighted by Gasteiger charge is 2.26. The van der Waals surface area contributed by atoms with Crippen LogP contribution in [0.4, 0.5) is 5.69 Å². The van der Waals surface area contributed by atoms with Gasteiger partial charge in [0.05, 0.1) is 5.52 Å². The summed E-state index contributed by atoms with van der Waals surface area (Å²) in [5.41, 5.74) is 2.45. The van der Waals surface area contributed by atoms with Gasteiger partial charge in [-0.3, -0.25) is 14.0 Å². The molecular weight excluding hydrogens is 364 g/mol. The van der Waals surface area contributed by atoms with E-state index < -0.39 is 0 Å². The molecule has 3 aromatic rings. The number of anilines is 1. The van der Waals surface area contributed by atoms with Crippen LogP contribution < -0.4 is 5.32 Å². The fourth-order valence-electron chi connectivity index (χ4n) is 3.33. The molecule has 1 aromatic carbocycles. The van der Waals surface area contributed by atoms with Crippen molar-refractivity contribution >= 4 is 34.6 Å². The molecule has 0 unspecified atom stereocenters. The lowest BCUT2D eigenvalue weighted by molar-refractivity contribution is 0.0789. The van der Waals surface area contributed by atoms with E-state index >= 15 is 0 Å². The highest BCUT2D eigenvalue weighted by atomic mass is 35.5. The highest BCUT2D eigenvalue weighted by molar-refractivity contribution is 6.31. The summed E-state index contributed by atoms with van der Waals surface area (Å²) in [6, 6.07) is 10.7. The van der Waals surface area contributed by atoms with Crippen LogP contribution in [0.1, 0.15) is 39.5 Å². The number of nitrogens with one attached hydrogen (secondary N) is 1. The number of hydrogen-bond acceptors (Lipinski definition) is 3. The van der Waals surface area contributed by atoms with Crippen molar-refractivity contribution in [2.75, 3.05) is 18.4 Å². The second-order valence-electron chi connectivity index (χ2n) is 6.65. The van der Waals surface area contributed by atoms with Crippen LogP contribution in [-0.4, -0.2) is 39.2 Å². The Balaban J connectivity index is 1.72. The number of amides is 2. The summed E-state index contributed by atoms with van der Waals surface area (Å²) in [5.74, 6) is -0.344. The Morgan fingerprint density at radius 3 is 2.70 bits per heavy atom. The molecule has 0 radical (unpaired) electrons. The van der Waals surface area contributed by atoms with E-state index in [9.17, 15) is 9.59 Å². The molecule has 0 aliphatic carbocycles. The predicted octanol–water partition coefficient (Wildman–Crippen LogP) is 3.78.